The van der Waals surface area contributed by atoms with Gasteiger partial charge < -0.3 is 24.8 Å². The molecule has 2 saturated heterocycles. The molecule has 32 heavy (non-hydrogen) atoms. The third-order valence-electron chi connectivity index (χ3n) is 6.22. The van der Waals surface area contributed by atoms with E-state index in [0.29, 0.717) is 43.9 Å². The summed E-state index contributed by atoms with van der Waals surface area (Å²) in [6, 6.07) is 6.36. The van der Waals surface area contributed by atoms with Gasteiger partial charge in [-0.25, -0.2) is 0 Å². The van der Waals surface area contributed by atoms with Crippen LogP contribution in [0.4, 0.5) is 0 Å². The number of carbonyl (C=O) groups is 3. The van der Waals surface area contributed by atoms with E-state index in [0.717, 1.165) is 19.5 Å². The standard InChI is InChI=1S/C24H36N4O4/c1-17(2)15-28(23(30)19-6-8-21(32-4)9-7-19)20-14-22(27(16-20)18(3)29)24(31)26-12-5-10-25-11-13-26/h6-9,17,20,22,25H,5,10-16H2,1-4H3. The van der Waals surface area contributed by atoms with E-state index >= 15 is 0 Å². The Labute approximate surface area is 190 Å². The lowest BCUT2D eigenvalue weighted by Gasteiger charge is -2.30. The Hall–Kier alpha value is -2.61. The average Bonchev–Trinajstić information content (AvgIpc) is 3.04. The number of likely N-dealkylation sites (tertiary alicyclic amines) is 1. The van der Waals surface area contributed by atoms with Gasteiger partial charge in [0.1, 0.15) is 11.8 Å². The van der Waals surface area contributed by atoms with Gasteiger partial charge in [-0.2, -0.15) is 0 Å². The Morgan fingerprint density at radius 3 is 2.50 bits per heavy atom. The molecular formula is C24H36N4O4. The summed E-state index contributed by atoms with van der Waals surface area (Å²) >= 11 is 0. The van der Waals surface area contributed by atoms with Gasteiger partial charge in [-0.05, 0) is 49.6 Å². The summed E-state index contributed by atoms with van der Waals surface area (Å²) in [7, 11) is 1.59. The van der Waals surface area contributed by atoms with Crippen molar-refractivity contribution in [2.45, 2.75) is 45.7 Å². The fourth-order valence-corrected chi connectivity index (χ4v) is 4.59. The molecule has 2 atom stereocenters. The van der Waals surface area contributed by atoms with Crippen molar-refractivity contribution in [1.82, 2.24) is 20.0 Å². The van der Waals surface area contributed by atoms with Gasteiger partial charge in [-0.15, -0.1) is 0 Å². The van der Waals surface area contributed by atoms with Crippen molar-refractivity contribution in [1.29, 1.82) is 0 Å². The van der Waals surface area contributed by atoms with E-state index in [2.05, 4.69) is 19.2 Å². The highest BCUT2D eigenvalue weighted by molar-refractivity contribution is 5.95. The summed E-state index contributed by atoms with van der Waals surface area (Å²) in [4.78, 5) is 44.6. The molecule has 8 heteroatoms. The highest BCUT2D eigenvalue weighted by atomic mass is 16.5. The summed E-state index contributed by atoms with van der Waals surface area (Å²) in [5.41, 5.74) is 0.578. The Morgan fingerprint density at radius 2 is 1.88 bits per heavy atom. The Morgan fingerprint density at radius 1 is 1.16 bits per heavy atom. The van der Waals surface area contributed by atoms with Crippen molar-refractivity contribution in [3.63, 3.8) is 0 Å². The van der Waals surface area contributed by atoms with E-state index in [1.165, 1.54) is 6.92 Å². The van der Waals surface area contributed by atoms with E-state index in [1.54, 1.807) is 36.3 Å². The lowest BCUT2D eigenvalue weighted by atomic mass is 10.1. The molecule has 3 amide bonds. The maximum atomic E-state index is 13.4. The van der Waals surface area contributed by atoms with Crippen molar-refractivity contribution >= 4 is 17.7 Å². The minimum atomic E-state index is -0.520. The smallest absolute Gasteiger partial charge is 0.254 e. The first-order valence-electron chi connectivity index (χ1n) is 11.5. The number of nitrogens with one attached hydrogen (secondary N) is 1. The van der Waals surface area contributed by atoms with Crippen LogP contribution in [0.1, 0.15) is 44.0 Å². The number of hydrogen-bond donors (Lipinski definition) is 1. The zero-order valence-electron chi connectivity index (χ0n) is 19.7. The molecule has 0 bridgehead atoms. The summed E-state index contributed by atoms with van der Waals surface area (Å²) in [5, 5.41) is 3.31. The van der Waals surface area contributed by atoms with Gasteiger partial charge in [0.05, 0.1) is 13.2 Å². The fraction of sp³-hybridized carbons (Fsp3) is 0.625. The van der Waals surface area contributed by atoms with E-state index in [-0.39, 0.29) is 29.7 Å². The topological polar surface area (TPSA) is 82.2 Å². The van der Waals surface area contributed by atoms with E-state index < -0.39 is 6.04 Å². The minimum absolute atomic E-state index is 0.00667. The number of methoxy groups -OCH3 is 1. The van der Waals surface area contributed by atoms with Gasteiger partial charge in [-0.3, -0.25) is 14.4 Å². The molecule has 3 rings (SSSR count). The maximum Gasteiger partial charge on any atom is 0.254 e. The number of benzene rings is 1. The van der Waals surface area contributed by atoms with Crippen LogP contribution >= 0.6 is 0 Å². The first-order valence-corrected chi connectivity index (χ1v) is 11.5. The van der Waals surface area contributed by atoms with Gasteiger partial charge in [0.2, 0.25) is 11.8 Å². The molecule has 2 aliphatic rings. The van der Waals surface area contributed by atoms with E-state index in [1.807, 2.05) is 9.80 Å². The molecule has 0 radical (unpaired) electrons. The number of rotatable bonds is 6. The number of amides is 3. The fourth-order valence-electron chi connectivity index (χ4n) is 4.59. The van der Waals surface area contributed by atoms with Crippen LogP contribution in [0, 0.1) is 5.92 Å². The molecule has 0 aromatic heterocycles. The van der Waals surface area contributed by atoms with Gasteiger partial charge >= 0.3 is 0 Å². The lowest BCUT2D eigenvalue weighted by Crippen LogP contribution is -2.48. The SMILES string of the molecule is COc1ccc(C(=O)N(CC(C)C)C2CC(C(=O)N3CCCNCC3)N(C(C)=O)C2)cc1. The molecular weight excluding hydrogens is 408 g/mol. The van der Waals surface area contributed by atoms with Crippen LogP contribution in [-0.2, 0) is 9.59 Å². The highest BCUT2D eigenvalue weighted by Gasteiger charge is 2.43. The normalized spacial score (nSPS) is 21.4. The second-order valence-corrected chi connectivity index (χ2v) is 9.09. The van der Waals surface area contributed by atoms with Crippen molar-refractivity contribution in [2.75, 3.05) is 46.4 Å². The Balaban J connectivity index is 1.82. The van der Waals surface area contributed by atoms with Gasteiger partial charge in [0, 0.05) is 45.2 Å². The summed E-state index contributed by atoms with van der Waals surface area (Å²) in [5.74, 6) is 0.738. The van der Waals surface area contributed by atoms with Crippen molar-refractivity contribution in [3.8, 4) is 5.75 Å². The van der Waals surface area contributed by atoms with Crippen LogP contribution in [0.3, 0.4) is 0 Å². The first-order chi connectivity index (χ1) is 15.3. The minimum Gasteiger partial charge on any atom is -0.497 e. The molecule has 0 saturated carbocycles. The van der Waals surface area contributed by atoms with Gasteiger partial charge in [0.15, 0.2) is 0 Å². The lowest BCUT2D eigenvalue weighted by molar-refractivity contribution is -0.142. The Kier molecular flexibility index (Phi) is 8.12. The molecule has 1 aromatic carbocycles. The molecule has 1 aromatic rings. The molecule has 0 aliphatic carbocycles. The van der Waals surface area contributed by atoms with Crippen LogP contribution in [0.25, 0.3) is 0 Å². The number of ether oxygens (including phenoxy) is 1. The van der Waals surface area contributed by atoms with Gasteiger partial charge in [0.25, 0.3) is 5.91 Å². The highest BCUT2D eigenvalue weighted by Crippen LogP contribution is 2.27. The predicted octanol–water partition coefficient (Wildman–Crippen LogP) is 1.60. The van der Waals surface area contributed by atoms with Crippen LogP contribution in [0.2, 0.25) is 0 Å². The predicted molar refractivity (Wildman–Crippen MR) is 123 cm³/mol. The molecule has 0 spiro atoms. The number of carbonyl (C=O) groups excluding carboxylic acids is 3. The van der Waals surface area contributed by atoms with Crippen LogP contribution in [0.15, 0.2) is 24.3 Å². The zero-order valence-corrected chi connectivity index (χ0v) is 19.7. The van der Waals surface area contributed by atoms with Crippen molar-refractivity contribution < 1.29 is 19.1 Å². The maximum absolute atomic E-state index is 13.4. The molecule has 2 heterocycles. The molecule has 2 unspecified atom stereocenters. The molecule has 2 aliphatic heterocycles. The van der Waals surface area contributed by atoms with Gasteiger partial charge in [-0.1, -0.05) is 13.8 Å². The summed E-state index contributed by atoms with van der Waals surface area (Å²) in [6.07, 6.45) is 1.37. The monoisotopic (exact) mass is 444 g/mol. The second kappa shape index (κ2) is 10.8. The molecule has 176 valence electrons. The second-order valence-electron chi connectivity index (χ2n) is 9.09. The van der Waals surface area contributed by atoms with Crippen LogP contribution in [0.5, 0.6) is 5.75 Å². The average molecular weight is 445 g/mol. The number of nitrogens with zero attached hydrogens (tertiary/aromatic N) is 3. The van der Waals surface area contributed by atoms with Crippen molar-refractivity contribution in [2.24, 2.45) is 5.92 Å². The molecule has 1 N–H and O–H groups in total. The third-order valence-corrected chi connectivity index (χ3v) is 6.22. The third kappa shape index (κ3) is 5.59. The zero-order chi connectivity index (χ0) is 23.3. The molecule has 2 fully saturated rings. The number of hydrogen-bond acceptors (Lipinski definition) is 5. The first kappa shape index (κ1) is 24.0. The Bertz CT molecular complexity index is 803. The summed E-state index contributed by atoms with van der Waals surface area (Å²) < 4.78 is 5.21. The van der Waals surface area contributed by atoms with Crippen LogP contribution < -0.4 is 10.1 Å². The van der Waals surface area contributed by atoms with Crippen molar-refractivity contribution in [3.05, 3.63) is 29.8 Å². The largest absolute Gasteiger partial charge is 0.497 e. The van der Waals surface area contributed by atoms with E-state index in [9.17, 15) is 14.4 Å². The summed E-state index contributed by atoms with van der Waals surface area (Å²) in [6.45, 7) is 9.58. The van der Waals surface area contributed by atoms with E-state index in [4.69, 9.17) is 4.74 Å². The quantitative estimate of drug-likeness (QED) is 0.721. The molecule has 8 nitrogen and oxygen atoms in total. The van der Waals surface area contributed by atoms with Crippen LogP contribution in [-0.4, -0.2) is 90.9 Å².